The molecule has 1 aliphatic rings. The summed E-state index contributed by atoms with van der Waals surface area (Å²) in [7, 11) is 0. The zero-order valence-electron chi connectivity index (χ0n) is 14.2. The number of carbonyl (C=O) groups is 1. The topological polar surface area (TPSA) is 49.8 Å². The maximum absolute atomic E-state index is 12.9. The predicted molar refractivity (Wildman–Crippen MR) is 93.5 cm³/mol. The van der Waals surface area contributed by atoms with E-state index in [4.69, 9.17) is 4.74 Å². The Bertz CT molecular complexity index is 724. The van der Waals surface area contributed by atoms with Crippen molar-refractivity contribution < 1.29 is 14.6 Å². The maximum atomic E-state index is 12.9. The summed E-state index contributed by atoms with van der Waals surface area (Å²) in [5.74, 6) is 0.781. The van der Waals surface area contributed by atoms with Crippen LogP contribution in [0.5, 0.6) is 11.5 Å². The summed E-state index contributed by atoms with van der Waals surface area (Å²) in [6.07, 6.45) is 1.91. The van der Waals surface area contributed by atoms with Gasteiger partial charge in [-0.3, -0.25) is 4.79 Å². The van der Waals surface area contributed by atoms with Crippen LogP contribution in [0.25, 0.3) is 0 Å². The smallest absolute Gasteiger partial charge is 0.258 e. The Labute approximate surface area is 142 Å². The lowest BCUT2D eigenvalue weighted by molar-refractivity contribution is 0.0732. The van der Waals surface area contributed by atoms with Crippen molar-refractivity contribution >= 4 is 5.91 Å². The van der Waals surface area contributed by atoms with E-state index in [0.29, 0.717) is 18.7 Å². The number of phenols is 1. The lowest BCUT2D eigenvalue weighted by atomic mass is 10.0. The van der Waals surface area contributed by atoms with Crippen molar-refractivity contribution in [3.8, 4) is 11.5 Å². The van der Waals surface area contributed by atoms with Crippen molar-refractivity contribution in [3.63, 3.8) is 0 Å². The van der Waals surface area contributed by atoms with Gasteiger partial charge < -0.3 is 14.7 Å². The molecule has 0 bridgehead atoms. The van der Waals surface area contributed by atoms with Crippen molar-refractivity contribution in [1.29, 1.82) is 0 Å². The minimum atomic E-state index is -0.104. The molecule has 0 aromatic heterocycles. The minimum Gasteiger partial charge on any atom is -0.507 e. The summed E-state index contributed by atoms with van der Waals surface area (Å²) in [6.45, 7) is 5.23. The summed E-state index contributed by atoms with van der Waals surface area (Å²) in [5, 5.41) is 10.1. The standard InChI is InChI=1S/C20H23NO3/c1-3-24-16-9-7-15(8-10-16)18-5-4-12-21(18)20(23)17-13-14(2)6-11-19(17)22/h6-11,13,18,22H,3-5,12H2,1-2H3. The molecule has 0 aliphatic carbocycles. The number of carbonyl (C=O) groups excluding carboxylic acids is 1. The Morgan fingerprint density at radius 3 is 2.71 bits per heavy atom. The molecule has 2 aromatic carbocycles. The molecule has 4 heteroatoms. The van der Waals surface area contributed by atoms with Crippen LogP contribution in [0.1, 0.15) is 47.3 Å². The summed E-state index contributed by atoms with van der Waals surface area (Å²) in [4.78, 5) is 14.8. The van der Waals surface area contributed by atoms with Crippen LogP contribution >= 0.6 is 0 Å². The van der Waals surface area contributed by atoms with E-state index >= 15 is 0 Å². The van der Waals surface area contributed by atoms with Gasteiger partial charge in [0.25, 0.3) is 5.91 Å². The summed E-state index contributed by atoms with van der Waals surface area (Å²) in [6, 6.07) is 13.1. The van der Waals surface area contributed by atoms with E-state index in [2.05, 4.69) is 0 Å². The minimum absolute atomic E-state index is 0.0444. The van der Waals surface area contributed by atoms with Crippen molar-refractivity contribution in [2.75, 3.05) is 13.2 Å². The largest absolute Gasteiger partial charge is 0.507 e. The first kappa shape index (κ1) is 16.4. The van der Waals surface area contributed by atoms with Crippen LogP contribution in [-0.4, -0.2) is 29.1 Å². The number of amides is 1. The highest BCUT2D eigenvalue weighted by molar-refractivity contribution is 5.97. The van der Waals surface area contributed by atoms with Gasteiger partial charge in [-0.05, 0) is 56.5 Å². The molecule has 24 heavy (non-hydrogen) atoms. The van der Waals surface area contributed by atoms with Gasteiger partial charge in [-0.25, -0.2) is 0 Å². The number of nitrogens with zero attached hydrogens (tertiary/aromatic N) is 1. The van der Waals surface area contributed by atoms with Gasteiger partial charge >= 0.3 is 0 Å². The SMILES string of the molecule is CCOc1ccc(C2CCCN2C(=O)c2cc(C)ccc2O)cc1. The molecule has 3 rings (SSSR count). The second-order valence-electron chi connectivity index (χ2n) is 6.18. The highest BCUT2D eigenvalue weighted by Crippen LogP contribution is 2.35. The molecule has 126 valence electrons. The number of hydrogen-bond donors (Lipinski definition) is 1. The predicted octanol–water partition coefficient (Wildman–Crippen LogP) is 4.08. The van der Waals surface area contributed by atoms with Crippen LogP contribution in [0.15, 0.2) is 42.5 Å². The summed E-state index contributed by atoms with van der Waals surface area (Å²) >= 11 is 0. The third-order valence-electron chi connectivity index (χ3n) is 4.47. The van der Waals surface area contributed by atoms with E-state index in [1.165, 1.54) is 0 Å². The Morgan fingerprint density at radius 2 is 2.00 bits per heavy atom. The zero-order chi connectivity index (χ0) is 17.1. The molecule has 1 unspecified atom stereocenters. The number of ether oxygens (including phenoxy) is 1. The van der Waals surface area contributed by atoms with Crippen LogP contribution in [0.2, 0.25) is 0 Å². The van der Waals surface area contributed by atoms with Crippen molar-refractivity contribution in [2.24, 2.45) is 0 Å². The first-order valence-corrected chi connectivity index (χ1v) is 8.43. The highest BCUT2D eigenvalue weighted by atomic mass is 16.5. The number of aryl methyl sites for hydroxylation is 1. The average molecular weight is 325 g/mol. The maximum Gasteiger partial charge on any atom is 0.258 e. The summed E-state index contributed by atoms with van der Waals surface area (Å²) in [5.41, 5.74) is 2.46. The van der Waals surface area contributed by atoms with Gasteiger partial charge in [0.1, 0.15) is 11.5 Å². The van der Waals surface area contributed by atoms with Gasteiger partial charge in [-0.1, -0.05) is 23.8 Å². The van der Waals surface area contributed by atoms with Crippen molar-refractivity contribution in [1.82, 2.24) is 4.90 Å². The van der Waals surface area contributed by atoms with Gasteiger partial charge in [0, 0.05) is 6.54 Å². The molecular formula is C20H23NO3. The second-order valence-corrected chi connectivity index (χ2v) is 6.18. The fourth-order valence-corrected chi connectivity index (χ4v) is 3.29. The first-order valence-electron chi connectivity index (χ1n) is 8.43. The Balaban J connectivity index is 1.84. The lowest BCUT2D eigenvalue weighted by Crippen LogP contribution is -2.30. The molecule has 1 saturated heterocycles. The molecule has 1 atom stereocenters. The third kappa shape index (κ3) is 3.23. The van der Waals surface area contributed by atoms with Crippen molar-refractivity contribution in [2.45, 2.75) is 32.7 Å². The number of hydrogen-bond acceptors (Lipinski definition) is 3. The van der Waals surface area contributed by atoms with Crippen LogP contribution in [-0.2, 0) is 0 Å². The van der Waals surface area contributed by atoms with Crippen LogP contribution < -0.4 is 4.74 Å². The molecule has 1 aliphatic heterocycles. The molecule has 0 saturated carbocycles. The van der Waals surface area contributed by atoms with E-state index in [0.717, 1.165) is 29.7 Å². The Hall–Kier alpha value is -2.49. The molecule has 1 amide bonds. The number of benzene rings is 2. The first-order chi connectivity index (χ1) is 11.6. The number of phenolic OH excluding ortho intramolecular Hbond substituents is 1. The summed E-state index contributed by atoms with van der Waals surface area (Å²) < 4.78 is 5.48. The number of rotatable bonds is 4. The second kappa shape index (κ2) is 6.95. The molecule has 1 fully saturated rings. The molecule has 0 radical (unpaired) electrons. The quantitative estimate of drug-likeness (QED) is 0.921. The zero-order valence-corrected chi connectivity index (χ0v) is 14.2. The molecule has 0 spiro atoms. The molecule has 2 aromatic rings. The van der Waals surface area contributed by atoms with E-state index < -0.39 is 0 Å². The molecule has 4 nitrogen and oxygen atoms in total. The highest BCUT2D eigenvalue weighted by Gasteiger charge is 2.31. The van der Waals surface area contributed by atoms with Gasteiger partial charge in [-0.15, -0.1) is 0 Å². The van der Waals surface area contributed by atoms with Gasteiger partial charge in [0.15, 0.2) is 0 Å². The van der Waals surface area contributed by atoms with E-state index in [1.54, 1.807) is 18.2 Å². The van der Waals surface area contributed by atoms with Gasteiger partial charge in [0.2, 0.25) is 0 Å². The van der Waals surface area contributed by atoms with Gasteiger partial charge in [-0.2, -0.15) is 0 Å². The number of likely N-dealkylation sites (tertiary alicyclic amines) is 1. The monoisotopic (exact) mass is 325 g/mol. The van der Waals surface area contributed by atoms with Crippen LogP contribution in [0, 0.1) is 6.92 Å². The molecular weight excluding hydrogens is 302 g/mol. The Morgan fingerprint density at radius 1 is 1.25 bits per heavy atom. The lowest BCUT2D eigenvalue weighted by Gasteiger charge is -2.26. The third-order valence-corrected chi connectivity index (χ3v) is 4.47. The molecule has 1 heterocycles. The van der Waals surface area contributed by atoms with E-state index in [-0.39, 0.29) is 17.7 Å². The Kier molecular flexibility index (Phi) is 4.74. The average Bonchev–Trinajstić information content (AvgIpc) is 3.07. The number of aromatic hydroxyl groups is 1. The normalized spacial score (nSPS) is 17.1. The van der Waals surface area contributed by atoms with E-state index in [9.17, 15) is 9.90 Å². The van der Waals surface area contributed by atoms with Crippen molar-refractivity contribution in [3.05, 3.63) is 59.2 Å². The van der Waals surface area contributed by atoms with E-state index in [1.807, 2.05) is 43.0 Å². The molecule has 1 N–H and O–H groups in total. The van der Waals surface area contributed by atoms with Crippen LogP contribution in [0.3, 0.4) is 0 Å². The fourth-order valence-electron chi connectivity index (χ4n) is 3.29. The van der Waals surface area contributed by atoms with Gasteiger partial charge in [0.05, 0.1) is 18.2 Å². The van der Waals surface area contributed by atoms with Crippen LogP contribution in [0.4, 0.5) is 0 Å². The fraction of sp³-hybridized carbons (Fsp3) is 0.350.